The van der Waals surface area contributed by atoms with Gasteiger partial charge in [0.15, 0.2) is 11.0 Å². The summed E-state index contributed by atoms with van der Waals surface area (Å²) in [5, 5.41) is 26.5. The van der Waals surface area contributed by atoms with E-state index in [1.807, 2.05) is 43.3 Å². The van der Waals surface area contributed by atoms with Crippen LogP contribution in [0.3, 0.4) is 0 Å². The van der Waals surface area contributed by atoms with Gasteiger partial charge in [0.1, 0.15) is 5.82 Å². The lowest BCUT2D eigenvalue weighted by atomic mass is 10.2. The first-order valence-corrected chi connectivity index (χ1v) is 11.0. The number of hydrogen-bond donors (Lipinski definition) is 0. The first kappa shape index (κ1) is 23.0. The van der Waals surface area contributed by atoms with E-state index in [-0.39, 0.29) is 37.6 Å². The quantitative estimate of drug-likeness (QED) is 0.457. The zero-order chi connectivity index (χ0) is 22.9. The molecule has 0 spiro atoms. The number of carbonyl (C=O) groups is 1. The van der Waals surface area contributed by atoms with Crippen molar-refractivity contribution in [3.63, 3.8) is 0 Å². The highest BCUT2D eigenvalue weighted by Gasteiger charge is 2.21. The van der Waals surface area contributed by atoms with E-state index in [0.717, 1.165) is 11.3 Å². The van der Waals surface area contributed by atoms with Gasteiger partial charge in [-0.05, 0) is 31.2 Å². The van der Waals surface area contributed by atoms with Gasteiger partial charge in [-0.25, -0.2) is 4.39 Å². The van der Waals surface area contributed by atoms with Gasteiger partial charge in [-0.15, -0.1) is 10.2 Å². The summed E-state index contributed by atoms with van der Waals surface area (Å²) < 4.78 is 16.2. The summed E-state index contributed by atoms with van der Waals surface area (Å²) in [6, 6.07) is 18.0. The van der Waals surface area contributed by atoms with Crippen molar-refractivity contribution in [2.24, 2.45) is 0 Å². The average Bonchev–Trinajstić information content (AvgIpc) is 3.22. The summed E-state index contributed by atoms with van der Waals surface area (Å²) in [4.78, 5) is 14.2. The summed E-state index contributed by atoms with van der Waals surface area (Å²) in [6.07, 6.45) is 0.387. The predicted octanol–water partition coefficient (Wildman–Crippen LogP) is 4.13. The normalized spacial score (nSPS) is 10.4. The lowest BCUT2D eigenvalue weighted by Gasteiger charge is -2.20. The third-order valence-electron chi connectivity index (χ3n) is 4.70. The molecule has 3 aromatic rings. The van der Waals surface area contributed by atoms with Crippen molar-refractivity contribution in [2.45, 2.75) is 24.9 Å². The fourth-order valence-electron chi connectivity index (χ4n) is 3.06. The summed E-state index contributed by atoms with van der Waals surface area (Å²) in [5.41, 5.74) is 2.13. The standard InChI is InChI=1S/C23H21FN6OS/c1-17-8-10-18(11-9-17)30-22(19-6-2-3-7-20(19)24)27-28-23(30)32-16-21(31)29(14-4-12-25)15-5-13-26/h2-3,6-11H,4-5,14-16H2,1H3. The SMILES string of the molecule is Cc1ccc(-n2c(SCC(=O)N(CCC#N)CCC#N)nnc2-c2ccccc2F)cc1. The van der Waals surface area contributed by atoms with Gasteiger partial charge in [0.25, 0.3) is 0 Å². The molecule has 0 aliphatic heterocycles. The van der Waals surface area contributed by atoms with Crippen LogP contribution >= 0.6 is 11.8 Å². The molecule has 0 saturated carbocycles. The monoisotopic (exact) mass is 448 g/mol. The van der Waals surface area contributed by atoms with Crippen molar-refractivity contribution in [3.05, 3.63) is 59.9 Å². The minimum absolute atomic E-state index is 0.0537. The summed E-state index contributed by atoms with van der Waals surface area (Å²) >= 11 is 1.18. The molecule has 0 radical (unpaired) electrons. The molecule has 2 aromatic carbocycles. The van der Waals surface area contributed by atoms with E-state index in [9.17, 15) is 9.18 Å². The maximum absolute atomic E-state index is 14.5. The van der Waals surface area contributed by atoms with Crippen molar-refractivity contribution in [1.82, 2.24) is 19.7 Å². The predicted molar refractivity (Wildman–Crippen MR) is 119 cm³/mol. The van der Waals surface area contributed by atoms with E-state index in [0.29, 0.717) is 16.5 Å². The number of hydrogen-bond acceptors (Lipinski definition) is 6. The van der Waals surface area contributed by atoms with Crippen molar-refractivity contribution >= 4 is 17.7 Å². The number of aryl methyl sites for hydroxylation is 1. The van der Waals surface area contributed by atoms with Crippen LogP contribution in [0.2, 0.25) is 0 Å². The van der Waals surface area contributed by atoms with Crippen molar-refractivity contribution < 1.29 is 9.18 Å². The van der Waals surface area contributed by atoms with Crippen LogP contribution in [0, 0.1) is 35.4 Å². The maximum atomic E-state index is 14.5. The van der Waals surface area contributed by atoms with E-state index in [1.165, 1.54) is 22.7 Å². The molecule has 0 fully saturated rings. The third-order valence-corrected chi connectivity index (χ3v) is 5.62. The van der Waals surface area contributed by atoms with Gasteiger partial charge in [0.2, 0.25) is 5.91 Å². The molecule has 0 aliphatic rings. The van der Waals surface area contributed by atoms with E-state index in [1.54, 1.807) is 22.8 Å². The molecule has 3 rings (SSSR count). The highest BCUT2D eigenvalue weighted by atomic mass is 32.2. The lowest BCUT2D eigenvalue weighted by molar-refractivity contribution is -0.128. The molecule has 1 aromatic heterocycles. The Labute approximate surface area is 190 Å². The highest BCUT2D eigenvalue weighted by molar-refractivity contribution is 7.99. The van der Waals surface area contributed by atoms with Crippen LogP contribution in [-0.4, -0.2) is 44.4 Å². The zero-order valence-corrected chi connectivity index (χ0v) is 18.3. The van der Waals surface area contributed by atoms with Gasteiger partial charge < -0.3 is 4.90 Å². The van der Waals surface area contributed by atoms with Crippen LogP contribution in [0.1, 0.15) is 18.4 Å². The Hall–Kier alpha value is -3.69. The van der Waals surface area contributed by atoms with E-state index < -0.39 is 5.82 Å². The Morgan fingerprint density at radius 2 is 1.72 bits per heavy atom. The molecule has 0 aliphatic carbocycles. The van der Waals surface area contributed by atoms with Crippen molar-refractivity contribution in [2.75, 3.05) is 18.8 Å². The maximum Gasteiger partial charge on any atom is 0.233 e. The Balaban J connectivity index is 1.90. The molecule has 0 saturated heterocycles. The van der Waals surface area contributed by atoms with Crippen LogP contribution < -0.4 is 0 Å². The Bertz CT molecular complexity index is 1140. The summed E-state index contributed by atoms with van der Waals surface area (Å²) in [6.45, 7) is 2.50. The molecule has 9 heteroatoms. The van der Waals surface area contributed by atoms with Crippen LogP contribution in [0.25, 0.3) is 17.1 Å². The number of carbonyl (C=O) groups excluding carboxylic acids is 1. The summed E-state index contributed by atoms with van der Waals surface area (Å²) in [5.74, 6) is -0.225. The second kappa shape index (κ2) is 11.1. The number of aromatic nitrogens is 3. The fraction of sp³-hybridized carbons (Fsp3) is 0.261. The fourth-order valence-corrected chi connectivity index (χ4v) is 3.91. The minimum atomic E-state index is -0.417. The number of halogens is 1. The first-order valence-electron chi connectivity index (χ1n) is 9.97. The lowest BCUT2D eigenvalue weighted by Crippen LogP contribution is -2.34. The number of thioether (sulfide) groups is 1. The van der Waals surface area contributed by atoms with Gasteiger partial charge in [-0.3, -0.25) is 9.36 Å². The first-order chi connectivity index (χ1) is 15.5. The van der Waals surface area contributed by atoms with Gasteiger partial charge in [-0.2, -0.15) is 10.5 Å². The van der Waals surface area contributed by atoms with E-state index in [2.05, 4.69) is 10.2 Å². The molecule has 32 heavy (non-hydrogen) atoms. The second-order valence-electron chi connectivity index (χ2n) is 6.94. The van der Waals surface area contributed by atoms with Crippen LogP contribution in [0.5, 0.6) is 0 Å². The molecule has 0 bridgehead atoms. The Morgan fingerprint density at radius 1 is 1.06 bits per heavy atom. The topological polar surface area (TPSA) is 98.6 Å². The molecule has 0 atom stereocenters. The highest BCUT2D eigenvalue weighted by Crippen LogP contribution is 2.29. The largest absolute Gasteiger partial charge is 0.340 e. The van der Waals surface area contributed by atoms with E-state index >= 15 is 0 Å². The number of nitrogens with zero attached hydrogens (tertiary/aromatic N) is 6. The molecule has 0 unspecified atom stereocenters. The van der Waals surface area contributed by atoms with Crippen molar-refractivity contribution in [1.29, 1.82) is 10.5 Å². The van der Waals surface area contributed by atoms with E-state index in [4.69, 9.17) is 10.5 Å². The number of benzene rings is 2. The second-order valence-corrected chi connectivity index (χ2v) is 7.89. The Morgan fingerprint density at radius 3 is 2.34 bits per heavy atom. The van der Waals surface area contributed by atoms with Gasteiger partial charge >= 0.3 is 0 Å². The van der Waals surface area contributed by atoms with Crippen LogP contribution in [0.15, 0.2) is 53.7 Å². The number of nitriles is 2. The molecule has 1 amide bonds. The smallest absolute Gasteiger partial charge is 0.233 e. The molecule has 1 heterocycles. The third kappa shape index (κ3) is 5.51. The van der Waals surface area contributed by atoms with Gasteiger partial charge in [-0.1, -0.05) is 41.6 Å². The molecule has 7 nitrogen and oxygen atoms in total. The Kier molecular flexibility index (Phi) is 7.96. The molecule has 0 N–H and O–H groups in total. The number of amides is 1. The zero-order valence-electron chi connectivity index (χ0n) is 17.5. The van der Waals surface area contributed by atoms with Crippen LogP contribution in [-0.2, 0) is 4.79 Å². The molecule has 162 valence electrons. The molecular weight excluding hydrogens is 427 g/mol. The van der Waals surface area contributed by atoms with Gasteiger partial charge in [0.05, 0.1) is 36.3 Å². The molecular formula is C23H21FN6OS. The van der Waals surface area contributed by atoms with Gasteiger partial charge in [0, 0.05) is 18.8 Å². The average molecular weight is 449 g/mol. The van der Waals surface area contributed by atoms with Crippen LogP contribution in [0.4, 0.5) is 4.39 Å². The van der Waals surface area contributed by atoms with Crippen molar-refractivity contribution in [3.8, 4) is 29.2 Å². The summed E-state index contributed by atoms with van der Waals surface area (Å²) in [7, 11) is 0. The number of rotatable bonds is 9. The minimum Gasteiger partial charge on any atom is -0.340 e.